The fraction of sp³-hybridized carbons (Fsp3) is 0.308. The van der Waals surface area contributed by atoms with Crippen molar-refractivity contribution < 1.29 is 0 Å². The average molecular weight is 232 g/mol. The fourth-order valence-electron chi connectivity index (χ4n) is 1.58. The Kier molecular flexibility index (Phi) is 3.70. The number of aromatic nitrogens is 1. The van der Waals surface area contributed by atoms with Crippen molar-refractivity contribution in [2.75, 3.05) is 0 Å². The summed E-state index contributed by atoms with van der Waals surface area (Å²) >= 11 is 1.79. The molecule has 0 saturated heterocycles. The van der Waals surface area contributed by atoms with Gasteiger partial charge in [0.05, 0.1) is 0 Å². The molecule has 2 aromatic rings. The second-order valence-corrected chi connectivity index (χ2v) is 4.90. The first kappa shape index (κ1) is 11.3. The van der Waals surface area contributed by atoms with Crippen molar-refractivity contribution in [1.29, 1.82) is 0 Å². The number of nitrogens with one attached hydrogen (secondary N) is 1. The van der Waals surface area contributed by atoms with E-state index in [4.69, 9.17) is 0 Å². The van der Waals surface area contributed by atoms with Crippen LogP contribution in [0.25, 0.3) is 0 Å². The van der Waals surface area contributed by atoms with E-state index >= 15 is 0 Å². The predicted octanol–water partition coefficient (Wildman–Crippen LogP) is 3.30. The smallest absolute Gasteiger partial charge is 0.0388 e. The van der Waals surface area contributed by atoms with Gasteiger partial charge in [0.15, 0.2) is 0 Å². The fourth-order valence-corrected chi connectivity index (χ4v) is 2.34. The number of rotatable bonds is 4. The lowest BCUT2D eigenvalue weighted by atomic mass is 10.1. The monoisotopic (exact) mass is 232 g/mol. The van der Waals surface area contributed by atoms with Crippen LogP contribution in [-0.4, -0.2) is 4.98 Å². The Morgan fingerprint density at radius 2 is 2.31 bits per heavy atom. The first-order valence-electron chi connectivity index (χ1n) is 5.43. The first-order chi connectivity index (χ1) is 7.77. The summed E-state index contributed by atoms with van der Waals surface area (Å²) in [5.41, 5.74) is 2.56. The largest absolute Gasteiger partial charge is 0.305 e. The van der Waals surface area contributed by atoms with Gasteiger partial charge in [-0.05, 0) is 42.5 Å². The van der Waals surface area contributed by atoms with E-state index in [1.165, 1.54) is 16.0 Å². The van der Waals surface area contributed by atoms with Gasteiger partial charge in [-0.15, -0.1) is 11.3 Å². The zero-order valence-corrected chi connectivity index (χ0v) is 10.4. The second kappa shape index (κ2) is 5.23. The molecule has 2 rings (SSSR count). The van der Waals surface area contributed by atoms with E-state index in [9.17, 15) is 0 Å². The summed E-state index contributed by atoms with van der Waals surface area (Å²) in [7, 11) is 0. The summed E-state index contributed by atoms with van der Waals surface area (Å²) in [6.45, 7) is 5.19. The average Bonchev–Trinajstić information content (AvgIpc) is 2.81. The minimum absolute atomic E-state index is 0.402. The highest BCUT2D eigenvalue weighted by molar-refractivity contribution is 7.10. The van der Waals surface area contributed by atoms with Crippen molar-refractivity contribution >= 4 is 11.3 Å². The Morgan fingerprint density at radius 3 is 3.00 bits per heavy atom. The minimum Gasteiger partial charge on any atom is -0.305 e. The number of hydrogen-bond acceptors (Lipinski definition) is 3. The van der Waals surface area contributed by atoms with Crippen LogP contribution in [0.4, 0.5) is 0 Å². The third kappa shape index (κ3) is 2.68. The van der Waals surface area contributed by atoms with Crippen LogP contribution in [0.3, 0.4) is 0 Å². The molecule has 0 aromatic carbocycles. The number of thiophene rings is 1. The number of pyridine rings is 1. The Balaban J connectivity index is 1.95. The highest BCUT2D eigenvalue weighted by Crippen LogP contribution is 2.18. The minimum atomic E-state index is 0.402. The number of aryl methyl sites for hydroxylation is 1. The maximum Gasteiger partial charge on any atom is 0.0388 e. The van der Waals surface area contributed by atoms with Crippen LogP contribution < -0.4 is 5.32 Å². The molecule has 1 atom stereocenters. The molecule has 1 N–H and O–H groups in total. The van der Waals surface area contributed by atoms with E-state index in [2.05, 4.69) is 41.7 Å². The Bertz CT molecular complexity index is 437. The van der Waals surface area contributed by atoms with Crippen LogP contribution in [0, 0.1) is 6.92 Å². The van der Waals surface area contributed by atoms with Gasteiger partial charge in [0, 0.05) is 29.9 Å². The zero-order chi connectivity index (χ0) is 11.4. The van der Waals surface area contributed by atoms with Gasteiger partial charge in [0.1, 0.15) is 0 Å². The topological polar surface area (TPSA) is 24.9 Å². The quantitative estimate of drug-likeness (QED) is 0.875. The maximum atomic E-state index is 4.15. The maximum absolute atomic E-state index is 4.15. The lowest BCUT2D eigenvalue weighted by molar-refractivity contribution is 0.580. The van der Waals surface area contributed by atoms with E-state index in [-0.39, 0.29) is 0 Å². The molecule has 0 aliphatic rings. The van der Waals surface area contributed by atoms with Crippen molar-refractivity contribution in [1.82, 2.24) is 10.3 Å². The summed E-state index contributed by atoms with van der Waals surface area (Å²) < 4.78 is 0. The highest BCUT2D eigenvalue weighted by Gasteiger charge is 2.06. The standard InChI is InChI=1S/C13H16N2S/c1-10-5-6-14-8-12(10)9-15-11(2)13-4-3-7-16-13/h3-8,11,15H,9H2,1-2H3/t11-/m0/s1. The van der Waals surface area contributed by atoms with Crippen molar-refractivity contribution in [2.24, 2.45) is 0 Å². The molecule has 0 aliphatic carbocycles. The van der Waals surface area contributed by atoms with Gasteiger partial charge in [-0.3, -0.25) is 4.98 Å². The Labute approximate surface area is 100 Å². The number of nitrogens with zero attached hydrogens (tertiary/aromatic N) is 1. The van der Waals surface area contributed by atoms with Crippen molar-refractivity contribution in [3.05, 3.63) is 52.0 Å². The molecule has 2 nitrogen and oxygen atoms in total. The van der Waals surface area contributed by atoms with Crippen LogP contribution >= 0.6 is 11.3 Å². The lowest BCUT2D eigenvalue weighted by Crippen LogP contribution is -2.17. The van der Waals surface area contributed by atoms with Crippen LogP contribution in [-0.2, 0) is 6.54 Å². The molecule has 0 amide bonds. The molecule has 0 saturated carbocycles. The van der Waals surface area contributed by atoms with Crippen LogP contribution in [0.5, 0.6) is 0 Å². The van der Waals surface area contributed by atoms with Gasteiger partial charge in [0.2, 0.25) is 0 Å². The summed E-state index contributed by atoms with van der Waals surface area (Å²) in [5, 5.41) is 5.63. The summed E-state index contributed by atoms with van der Waals surface area (Å²) in [6, 6.07) is 6.71. The predicted molar refractivity (Wildman–Crippen MR) is 68.5 cm³/mol. The molecular weight excluding hydrogens is 216 g/mol. The molecule has 2 heterocycles. The molecule has 16 heavy (non-hydrogen) atoms. The van der Waals surface area contributed by atoms with Gasteiger partial charge in [0.25, 0.3) is 0 Å². The van der Waals surface area contributed by atoms with Crippen molar-refractivity contribution in [3.8, 4) is 0 Å². The van der Waals surface area contributed by atoms with Gasteiger partial charge in [-0.2, -0.15) is 0 Å². The van der Waals surface area contributed by atoms with Crippen LogP contribution in [0.1, 0.15) is 29.0 Å². The summed E-state index contributed by atoms with van der Waals surface area (Å²) in [6.07, 6.45) is 3.77. The van der Waals surface area contributed by atoms with E-state index in [1.807, 2.05) is 18.5 Å². The third-order valence-corrected chi connectivity index (χ3v) is 3.77. The molecular formula is C13H16N2S. The van der Waals surface area contributed by atoms with Gasteiger partial charge < -0.3 is 5.32 Å². The first-order valence-corrected chi connectivity index (χ1v) is 6.31. The van der Waals surface area contributed by atoms with Crippen molar-refractivity contribution in [2.45, 2.75) is 26.4 Å². The second-order valence-electron chi connectivity index (χ2n) is 3.92. The molecule has 3 heteroatoms. The van der Waals surface area contributed by atoms with Gasteiger partial charge in [-0.25, -0.2) is 0 Å². The molecule has 0 aliphatic heterocycles. The zero-order valence-electron chi connectivity index (χ0n) is 9.60. The van der Waals surface area contributed by atoms with E-state index in [0.29, 0.717) is 6.04 Å². The molecule has 84 valence electrons. The van der Waals surface area contributed by atoms with E-state index in [0.717, 1.165) is 6.54 Å². The highest BCUT2D eigenvalue weighted by atomic mass is 32.1. The Morgan fingerprint density at radius 1 is 1.44 bits per heavy atom. The molecule has 0 fully saturated rings. The van der Waals surface area contributed by atoms with E-state index in [1.54, 1.807) is 11.3 Å². The molecule has 0 spiro atoms. The molecule has 0 bridgehead atoms. The molecule has 2 aromatic heterocycles. The van der Waals surface area contributed by atoms with Crippen LogP contribution in [0.15, 0.2) is 36.0 Å². The third-order valence-electron chi connectivity index (χ3n) is 2.72. The normalized spacial score (nSPS) is 12.6. The summed E-state index contributed by atoms with van der Waals surface area (Å²) in [4.78, 5) is 5.53. The lowest BCUT2D eigenvalue weighted by Gasteiger charge is -2.13. The van der Waals surface area contributed by atoms with E-state index < -0.39 is 0 Å². The van der Waals surface area contributed by atoms with Crippen LogP contribution in [0.2, 0.25) is 0 Å². The van der Waals surface area contributed by atoms with Crippen molar-refractivity contribution in [3.63, 3.8) is 0 Å². The number of hydrogen-bond donors (Lipinski definition) is 1. The van der Waals surface area contributed by atoms with Gasteiger partial charge in [-0.1, -0.05) is 6.07 Å². The SMILES string of the molecule is Cc1ccncc1CN[C@@H](C)c1cccs1. The summed E-state index contributed by atoms with van der Waals surface area (Å²) in [5.74, 6) is 0. The van der Waals surface area contributed by atoms with Gasteiger partial charge >= 0.3 is 0 Å². The Hall–Kier alpha value is -1.19. The molecule has 0 unspecified atom stereocenters. The molecule has 0 radical (unpaired) electrons.